The van der Waals surface area contributed by atoms with Gasteiger partial charge in [-0.25, -0.2) is 8.42 Å². The summed E-state index contributed by atoms with van der Waals surface area (Å²) in [5, 5.41) is 38.2. The minimum Gasteiger partial charge on any atom is -0.394 e. The van der Waals surface area contributed by atoms with Crippen molar-refractivity contribution in [2.24, 2.45) is 0 Å². The van der Waals surface area contributed by atoms with Gasteiger partial charge in [-0.3, -0.25) is 0 Å². The number of benzene rings is 1. The second-order valence-electron chi connectivity index (χ2n) is 5.18. The van der Waals surface area contributed by atoms with Gasteiger partial charge in [0.25, 0.3) is 0 Å². The highest BCUT2D eigenvalue weighted by molar-refractivity contribution is 7.89. The van der Waals surface area contributed by atoms with Crippen molar-refractivity contribution >= 4 is 10.0 Å². The van der Waals surface area contributed by atoms with Gasteiger partial charge in [0.2, 0.25) is 10.0 Å². The standard InChI is InChI=1S/C13H19NO7S/c1-7-2-4-8(5-3-7)22(19,20)14-13-12(18)11(17)10(16)9(6-15)21-13/h2-5,9-18H,6H2,1H3/t9?,10-,11?,12?,13-/m1/s1. The lowest BCUT2D eigenvalue weighted by Gasteiger charge is -2.39. The number of hydrogen-bond acceptors (Lipinski definition) is 7. The van der Waals surface area contributed by atoms with Crippen LogP contribution in [-0.2, 0) is 14.8 Å². The van der Waals surface area contributed by atoms with Crippen LogP contribution in [0.2, 0.25) is 0 Å². The molecule has 0 aromatic heterocycles. The smallest absolute Gasteiger partial charge is 0.242 e. The molecule has 9 heteroatoms. The number of hydrogen-bond donors (Lipinski definition) is 5. The molecule has 1 saturated heterocycles. The Morgan fingerprint density at radius 3 is 2.23 bits per heavy atom. The van der Waals surface area contributed by atoms with Crippen molar-refractivity contribution in [3.8, 4) is 0 Å². The van der Waals surface area contributed by atoms with Gasteiger partial charge in [0.15, 0.2) is 6.23 Å². The number of aliphatic hydroxyl groups is 4. The molecule has 3 unspecified atom stereocenters. The molecular formula is C13H19NO7S. The minimum atomic E-state index is -3.99. The Hall–Kier alpha value is -1.07. The predicted octanol–water partition coefficient (Wildman–Crippen LogP) is -1.93. The molecule has 124 valence electrons. The first-order valence-electron chi connectivity index (χ1n) is 6.66. The van der Waals surface area contributed by atoms with Gasteiger partial charge in [-0.15, -0.1) is 0 Å². The lowest BCUT2D eigenvalue weighted by molar-refractivity contribution is -0.231. The summed E-state index contributed by atoms with van der Waals surface area (Å²) in [7, 11) is -3.99. The van der Waals surface area contributed by atoms with Crippen molar-refractivity contribution in [1.82, 2.24) is 4.72 Å². The highest BCUT2D eigenvalue weighted by atomic mass is 32.2. The van der Waals surface area contributed by atoms with Crippen molar-refractivity contribution in [2.75, 3.05) is 6.61 Å². The topological polar surface area (TPSA) is 136 Å². The molecule has 1 aliphatic rings. The molecule has 1 aliphatic heterocycles. The fourth-order valence-electron chi connectivity index (χ4n) is 2.14. The van der Waals surface area contributed by atoms with E-state index in [1.807, 2.05) is 0 Å². The molecule has 0 bridgehead atoms. The molecule has 1 fully saturated rings. The highest BCUT2D eigenvalue weighted by Gasteiger charge is 2.44. The van der Waals surface area contributed by atoms with E-state index in [2.05, 4.69) is 4.72 Å². The summed E-state index contributed by atoms with van der Waals surface area (Å²) >= 11 is 0. The minimum absolute atomic E-state index is 0.0324. The molecule has 22 heavy (non-hydrogen) atoms. The summed E-state index contributed by atoms with van der Waals surface area (Å²) < 4.78 is 31.7. The van der Waals surface area contributed by atoms with Crippen LogP contribution >= 0.6 is 0 Å². The molecule has 0 amide bonds. The summed E-state index contributed by atoms with van der Waals surface area (Å²) in [6.07, 6.45) is -7.51. The molecule has 0 radical (unpaired) electrons. The van der Waals surface area contributed by atoms with Gasteiger partial charge in [0.1, 0.15) is 24.4 Å². The lowest BCUT2D eigenvalue weighted by atomic mass is 9.99. The summed E-state index contributed by atoms with van der Waals surface area (Å²) in [6, 6.07) is 6.01. The monoisotopic (exact) mass is 333 g/mol. The van der Waals surface area contributed by atoms with Crippen molar-refractivity contribution in [3.63, 3.8) is 0 Å². The molecule has 5 N–H and O–H groups in total. The Labute approximate surface area is 128 Å². The zero-order valence-electron chi connectivity index (χ0n) is 11.8. The fraction of sp³-hybridized carbons (Fsp3) is 0.538. The van der Waals surface area contributed by atoms with Crippen LogP contribution in [0.4, 0.5) is 0 Å². The van der Waals surface area contributed by atoms with Crippen molar-refractivity contribution in [1.29, 1.82) is 0 Å². The normalized spacial score (nSPS) is 32.9. The molecule has 0 aliphatic carbocycles. The Morgan fingerprint density at radius 2 is 1.68 bits per heavy atom. The first-order chi connectivity index (χ1) is 10.3. The Bertz CT molecular complexity index is 601. The number of rotatable bonds is 4. The average molecular weight is 333 g/mol. The maximum atomic E-state index is 12.2. The van der Waals surface area contributed by atoms with Crippen molar-refractivity contribution < 1.29 is 33.6 Å². The van der Waals surface area contributed by atoms with Gasteiger partial charge < -0.3 is 25.2 Å². The average Bonchev–Trinajstić information content (AvgIpc) is 2.48. The summed E-state index contributed by atoms with van der Waals surface area (Å²) in [6.45, 7) is 1.18. The second-order valence-corrected chi connectivity index (χ2v) is 6.90. The summed E-state index contributed by atoms with van der Waals surface area (Å²) in [5.41, 5.74) is 0.881. The third kappa shape index (κ3) is 3.46. The van der Waals surface area contributed by atoms with Gasteiger partial charge in [0.05, 0.1) is 11.5 Å². The van der Waals surface area contributed by atoms with E-state index in [9.17, 15) is 23.7 Å². The largest absolute Gasteiger partial charge is 0.394 e. The second kappa shape index (κ2) is 6.59. The van der Waals surface area contributed by atoms with Crippen LogP contribution in [0.25, 0.3) is 0 Å². The van der Waals surface area contributed by atoms with E-state index in [1.54, 1.807) is 19.1 Å². The van der Waals surface area contributed by atoms with Crippen molar-refractivity contribution in [3.05, 3.63) is 29.8 Å². The molecule has 5 atom stereocenters. The molecule has 1 aromatic carbocycles. The van der Waals surface area contributed by atoms with Gasteiger partial charge in [-0.05, 0) is 19.1 Å². The maximum Gasteiger partial charge on any atom is 0.242 e. The van der Waals surface area contributed by atoms with Gasteiger partial charge >= 0.3 is 0 Å². The number of sulfonamides is 1. The van der Waals surface area contributed by atoms with Crippen LogP contribution in [0.3, 0.4) is 0 Å². The van der Waals surface area contributed by atoms with Crippen LogP contribution in [0, 0.1) is 6.92 Å². The Morgan fingerprint density at radius 1 is 1.09 bits per heavy atom. The van der Waals surface area contributed by atoms with Crippen LogP contribution in [0.1, 0.15) is 5.56 Å². The highest BCUT2D eigenvalue weighted by Crippen LogP contribution is 2.21. The van der Waals surface area contributed by atoms with E-state index in [1.165, 1.54) is 12.1 Å². The molecule has 8 nitrogen and oxygen atoms in total. The first-order valence-corrected chi connectivity index (χ1v) is 8.14. The van der Waals surface area contributed by atoms with Gasteiger partial charge in [-0.1, -0.05) is 17.7 Å². The Balaban J connectivity index is 2.19. The van der Waals surface area contributed by atoms with Crippen molar-refractivity contribution in [2.45, 2.75) is 42.5 Å². The van der Waals surface area contributed by atoms with Gasteiger partial charge in [-0.2, -0.15) is 4.72 Å². The molecule has 1 aromatic rings. The molecular weight excluding hydrogens is 314 g/mol. The van der Waals surface area contributed by atoms with E-state index in [-0.39, 0.29) is 4.90 Å². The van der Waals surface area contributed by atoms with Crippen LogP contribution < -0.4 is 4.72 Å². The number of aliphatic hydroxyl groups excluding tert-OH is 4. The van der Waals surface area contributed by atoms with E-state index in [0.717, 1.165) is 5.56 Å². The SMILES string of the molecule is Cc1ccc(S(=O)(=O)N[C@@H]2OC(CO)[C@@H](O)C(O)C2O)cc1. The summed E-state index contributed by atoms with van der Waals surface area (Å²) in [4.78, 5) is -0.0324. The number of nitrogens with one attached hydrogen (secondary N) is 1. The van der Waals surface area contributed by atoms with Crippen LogP contribution in [0.15, 0.2) is 29.2 Å². The predicted molar refractivity (Wildman–Crippen MR) is 75.3 cm³/mol. The van der Waals surface area contributed by atoms with E-state index in [4.69, 9.17) is 9.84 Å². The Kier molecular flexibility index (Phi) is 5.17. The molecule has 0 spiro atoms. The van der Waals surface area contributed by atoms with E-state index < -0.39 is 47.3 Å². The lowest BCUT2D eigenvalue weighted by Crippen LogP contribution is -2.63. The fourth-order valence-corrected chi connectivity index (χ4v) is 3.27. The molecule has 0 saturated carbocycles. The van der Waals surface area contributed by atoms with Crippen LogP contribution in [-0.4, -0.2) is 66.1 Å². The number of ether oxygens (including phenoxy) is 1. The van der Waals surface area contributed by atoms with E-state index >= 15 is 0 Å². The third-order valence-electron chi connectivity index (χ3n) is 3.49. The first kappa shape index (κ1) is 17.3. The molecule has 1 heterocycles. The molecule has 2 rings (SSSR count). The zero-order chi connectivity index (χ0) is 16.5. The summed E-state index contributed by atoms with van der Waals surface area (Å²) in [5.74, 6) is 0. The quantitative estimate of drug-likeness (QED) is 0.433. The van der Waals surface area contributed by atoms with E-state index in [0.29, 0.717) is 0 Å². The van der Waals surface area contributed by atoms with Crippen LogP contribution in [0.5, 0.6) is 0 Å². The zero-order valence-corrected chi connectivity index (χ0v) is 12.6. The third-order valence-corrected chi connectivity index (χ3v) is 4.93. The maximum absolute atomic E-state index is 12.2. The number of aryl methyl sites for hydroxylation is 1. The van der Waals surface area contributed by atoms with Gasteiger partial charge in [0, 0.05) is 0 Å².